The summed E-state index contributed by atoms with van der Waals surface area (Å²) in [5.74, 6) is 0.112. The number of aliphatic carboxylic acids is 1. The summed E-state index contributed by atoms with van der Waals surface area (Å²) in [6.07, 6.45) is 10.1. The minimum absolute atomic E-state index is 0.0398. The van der Waals surface area contributed by atoms with Crippen LogP contribution >= 0.6 is 0 Å². The topological polar surface area (TPSA) is 48.9 Å². The molecule has 0 unspecified atom stereocenters. The molecule has 0 fully saturated rings. The molecule has 4 nitrogen and oxygen atoms in total. The van der Waals surface area contributed by atoms with Crippen molar-refractivity contribution in [3.8, 4) is 0 Å². The second-order valence-electron chi connectivity index (χ2n) is 5.50. The molecule has 1 heterocycles. The van der Waals surface area contributed by atoms with Gasteiger partial charge in [-0.05, 0) is 12.8 Å². The Morgan fingerprint density at radius 3 is 2.50 bits per heavy atom. The molecule has 0 atom stereocenters. The third-order valence-electron chi connectivity index (χ3n) is 3.66. The van der Waals surface area contributed by atoms with Gasteiger partial charge in [-0.25, -0.2) is 9.13 Å². The average molecular weight is 280 g/mol. The van der Waals surface area contributed by atoms with Crippen molar-refractivity contribution in [3.05, 3.63) is 17.7 Å². The fraction of sp³-hybridized carbons (Fsp3) is 0.750. The molecule has 0 aliphatic carbocycles. The lowest BCUT2D eigenvalue weighted by atomic mass is 10.1. The maximum atomic E-state index is 10.9. The van der Waals surface area contributed by atoms with Gasteiger partial charge in [0.1, 0.15) is 18.4 Å². The SMILES string of the molecule is CCCCCCCc1n(CCC)c(C)c[n+]1CC(=O)[O-]. The maximum Gasteiger partial charge on any atom is 0.256 e. The Hall–Kier alpha value is -1.32. The molecule has 20 heavy (non-hydrogen) atoms. The molecule has 0 saturated heterocycles. The maximum absolute atomic E-state index is 10.9. The van der Waals surface area contributed by atoms with E-state index < -0.39 is 5.97 Å². The van der Waals surface area contributed by atoms with Crippen molar-refractivity contribution in [2.24, 2.45) is 0 Å². The van der Waals surface area contributed by atoms with Crippen molar-refractivity contribution in [2.45, 2.75) is 78.8 Å². The first-order valence-corrected chi connectivity index (χ1v) is 7.88. The van der Waals surface area contributed by atoms with Gasteiger partial charge >= 0.3 is 0 Å². The predicted molar refractivity (Wildman–Crippen MR) is 77.1 cm³/mol. The second kappa shape index (κ2) is 8.77. The standard InChI is InChI=1S/C16H28N2O2/c1-4-6-7-8-9-10-15-17(13-16(19)20)12-14(3)18(15)11-5-2/h12H,4-11,13H2,1-3H3. The highest BCUT2D eigenvalue weighted by molar-refractivity contribution is 5.62. The molecule has 4 heteroatoms. The third kappa shape index (κ3) is 4.99. The van der Waals surface area contributed by atoms with E-state index in [9.17, 15) is 9.90 Å². The largest absolute Gasteiger partial charge is 0.546 e. The normalized spacial score (nSPS) is 10.9. The fourth-order valence-electron chi connectivity index (χ4n) is 2.70. The molecule has 1 aromatic heterocycles. The summed E-state index contributed by atoms with van der Waals surface area (Å²) in [5.41, 5.74) is 1.14. The molecule has 0 aliphatic rings. The number of aryl methyl sites for hydroxylation is 1. The van der Waals surface area contributed by atoms with Gasteiger partial charge in [0, 0.05) is 13.3 Å². The van der Waals surface area contributed by atoms with Gasteiger partial charge in [-0.3, -0.25) is 0 Å². The van der Waals surface area contributed by atoms with E-state index >= 15 is 0 Å². The number of nitrogens with zero attached hydrogens (tertiary/aromatic N) is 2. The van der Waals surface area contributed by atoms with Crippen LogP contribution in [0.15, 0.2) is 6.20 Å². The number of hydrogen-bond acceptors (Lipinski definition) is 2. The minimum Gasteiger partial charge on any atom is -0.546 e. The Labute approximate surface area is 122 Å². The first kappa shape index (κ1) is 16.7. The summed E-state index contributed by atoms with van der Waals surface area (Å²) >= 11 is 0. The number of carbonyl (C=O) groups excluding carboxylic acids is 1. The van der Waals surface area contributed by atoms with Gasteiger partial charge in [0.15, 0.2) is 0 Å². The zero-order chi connectivity index (χ0) is 15.0. The van der Waals surface area contributed by atoms with Crippen LogP contribution in [0.25, 0.3) is 0 Å². The summed E-state index contributed by atoms with van der Waals surface area (Å²) in [7, 11) is 0. The monoisotopic (exact) mass is 280 g/mol. The molecule has 0 spiro atoms. The average Bonchev–Trinajstić information content (AvgIpc) is 2.66. The minimum atomic E-state index is -1.02. The van der Waals surface area contributed by atoms with Crippen LogP contribution in [0, 0.1) is 6.92 Å². The van der Waals surface area contributed by atoms with Crippen LogP contribution in [-0.2, 0) is 24.3 Å². The Bertz CT molecular complexity index is 424. The smallest absolute Gasteiger partial charge is 0.256 e. The molecule has 1 rings (SSSR count). The highest BCUT2D eigenvalue weighted by Crippen LogP contribution is 2.10. The van der Waals surface area contributed by atoms with E-state index in [2.05, 4.69) is 18.4 Å². The van der Waals surface area contributed by atoms with Gasteiger partial charge < -0.3 is 9.90 Å². The van der Waals surface area contributed by atoms with Crippen LogP contribution in [0.2, 0.25) is 0 Å². The Morgan fingerprint density at radius 2 is 1.90 bits per heavy atom. The fourth-order valence-corrected chi connectivity index (χ4v) is 2.70. The van der Waals surface area contributed by atoms with Crippen molar-refractivity contribution in [1.82, 2.24) is 4.57 Å². The van der Waals surface area contributed by atoms with E-state index in [1.165, 1.54) is 25.7 Å². The first-order valence-electron chi connectivity index (χ1n) is 7.88. The van der Waals surface area contributed by atoms with E-state index in [1.54, 1.807) is 0 Å². The molecule has 0 aliphatic heterocycles. The number of rotatable bonds is 10. The number of unbranched alkanes of at least 4 members (excludes halogenated alkanes) is 4. The number of aromatic nitrogens is 2. The lowest BCUT2D eigenvalue weighted by Gasteiger charge is -2.06. The molecule has 0 aromatic carbocycles. The zero-order valence-electron chi connectivity index (χ0n) is 13.2. The lowest BCUT2D eigenvalue weighted by molar-refractivity contribution is -0.697. The highest BCUT2D eigenvalue weighted by atomic mass is 16.4. The van der Waals surface area contributed by atoms with Gasteiger partial charge in [0.05, 0.1) is 12.5 Å². The van der Waals surface area contributed by atoms with Gasteiger partial charge in [0.25, 0.3) is 5.82 Å². The molecule has 0 saturated carbocycles. The second-order valence-corrected chi connectivity index (χ2v) is 5.50. The summed E-state index contributed by atoms with van der Waals surface area (Å²) in [6, 6.07) is 0. The Balaban J connectivity index is 2.74. The number of carboxylic acid groups (broad SMARTS) is 1. The van der Waals surface area contributed by atoms with Crippen LogP contribution in [0.3, 0.4) is 0 Å². The summed E-state index contributed by atoms with van der Waals surface area (Å²) in [5, 5.41) is 10.9. The predicted octanol–water partition coefficient (Wildman–Crippen LogP) is 1.76. The molecule has 1 aromatic rings. The number of carbonyl (C=O) groups is 1. The van der Waals surface area contributed by atoms with Crippen LogP contribution in [0.1, 0.15) is 63.9 Å². The van der Waals surface area contributed by atoms with E-state index in [1.807, 2.05) is 17.7 Å². The number of carboxylic acids is 1. The van der Waals surface area contributed by atoms with E-state index in [0.717, 1.165) is 37.3 Å². The summed E-state index contributed by atoms with van der Waals surface area (Å²) < 4.78 is 4.10. The van der Waals surface area contributed by atoms with Crippen molar-refractivity contribution in [1.29, 1.82) is 0 Å². The Morgan fingerprint density at radius 1 is 1.20 bits per heavy atom. The molecule has 0 radical (unpaired) electrons. The van der Waals surface area contributed by atoms with E-state index in [-0.39, 0.29) is 6.54 Å². The number of hydrogen-bond donors (Lipinski definition) is 0. The van der Waals surface area contributed by atoms with Crippen molar-refractivity contribution in [2.75, 3.05) is 0 Å². The summed E-state index contributed by atoms with van der Waals surface area (Å²) in [4.78, 5) is 10.9. The molecule has 0 bridgehead atoms. The molecule has 0 N–H and O–H groups in total. The Kier molecular flexibility index (Phi) is 7.34. The van der Waals surface area contributed by atoms with E-state index in [0.29, 0.717) is 0 Å². The molecular formula is C16H28N2O2. The number of imidazole rings is 1. The van der Waals surface area contributed by atoms with Crippen molar-refractivity contribution < 1.29 is 14.5 Å². The first-order chi connectivity index (χ1) is 9.60. The summed E-state index contributed by atoms with van der Waals surface area (Å²) in [6.45, 7) is 7.32. The van der Waals surface area contributed by atoms with Crippen LogP contribution in [0.5, 0.6) is 0 Å². The van der Waals surface area contributed by atoms with Crippen molar-refractivity contribution >= 4 is 5.97 Å². The lowest BCUT2D eigenvalue weighted by Crippen LogP contribution is -2.45. The van der Waals surface area contributed by atoms with Crippen LogP contribution in [-0.4, -0.2) is 10.5 Å². The molecule has 0 amide bonds. The molecule has 114 valence electrons. The van der Waals surface area contributed by atoms with Gasteiger partial charge in [-0.1, -0.05) is 39.5 Å². The van der Waals surface area contributed by atoms with Crippen molar-refractivity contribution in [3.63, 3.8) is 0 Å². The zero-order valence-corrected chi connectivity index (χ0v) is 13.2. The quantitative estimate of drug-likeness (QED) is 0.484. The van der Waals surface area contributed by atoms with Gasteiger partial charge in [-0.2, -0.15) is 0 Å². The van der Waals surface area contributed by atoms with E-state index in [4.69, 9.17) is 0 Å². The highest BCUT2D eigenvalue weighted by Gasteiger charge is 2.19. The van der Waals surface area contributed by atoms with Crippen LogP contribution in [0.4, 0.5) is 0 Å². The van der Waals surface area contributed by atoms with Gasteiger partial charge in [0.2, 0.25) is 0 Å². The van der Waals surface area contributed by atoms with Crippen LogP contribution < -0.4 is 9.67 Å². The third-order valence-corrected chi connectivity index (χ3v) is 3.66. The van der Waals surface area contributed by atoms with Gasteiger partial charge in [-0.15, -0.1) is 0 Å². The molecular weight excluding hydrogens is 252 g/mol.